The van der Waals surface area contributed by atoms with Crippen LogP contribution in [-0.4, -0.2) is 12.1 Å². The highest BCUT2D eigenvalue weighted by Gasteiger charge is 2.40. The van der Waals surface area contributed by atoms with E-state index in [9.17, 15) is 4.79 Å². The van der Waals surface area contributed by atoms with Crippen molar-refractivity contribution in [1.29, 1.82) is 0 Å². The fourth-order valence-electron chi connectivity index (χ4n) is 1.98. The lowest BCUT2D eigenvalue weighted by Gasteiger charge is -2.35. The summed E-state index contributed by atoms with van der Waals surface area (Å²) in [7, 11) is 0. The highest BCUT2D eigenvalue weighted by molar-refractivity contribution is 5.78. The summed E-state index contributed by atoms with van der Waals surface area (Å²) < 4.78 is 5.15. The summed E-state index contributed by atoms with van der Waals surface area (Å²) in [6.45, 7) is 4.36. The van der Waals surface area contributed by atoms with Crippen LogP contribution in [0.25, 0.3) is 0 Å². The van der Waals surface area contributed by atoms with Crippen LogP contribution >= 0.6 is 0 Å². The molecular weight excluding hydrogens is 176 g/mol. The zero-order chi connectivity index (χ0) is 10.4. The SMILES string of the molecule is CCCCCC1C(=O)OC1CCCC. The Morgan fingerprint density at radius 3 is 2.36 bits per heavy atom. The Balaban J connectivity index is 2.16. The Morgan fingerprint density at radius 1 is 1.07 bits per heavy atom. The predicted molar refractivity (Wildman–Crippen MR) is 57.0 cm³/mol. The molecule has 0 radical (unpaired) electrons. The van der Waals surface area contributed by atoms with Gasteiger partial charge in [-0.1, -0.05) is 46.0 Å². The molecule has 0 aromatic rings. The van der Waals surface area contributed by atoms with Crippen molar-refractivity contribution >= 4 is 5.97 Å². The number of hydrogen-bond donors (Lipinski definition) is 0. The monoisotopic (exact) mass is 198 g/mol. The first kappa shape index (κ1) is 11.5. The maximum atomic E-state index is 11.2. The van der Waals surface area contributed by atoms with Crippen LogP contribution in [0.15, 0.2) is 0 Å². The standard InChI is InChI=1S/C12H22O2/c1-3-5-7-8-10-11(9-6-4-2)14-12(10)13/h10-11H,3-9H2,1-2H3. The van der Waals surface area contributed by atoms with Gasteiger partial charge in [-0.05, 0) is 12.8 Å². The predicted octanol–water partition coefficient (Wildman–Crippen LogP) is 3.30. The third kappa shape index (κ3) is 3.00. The van der Waals surface area contributed by atoms with E-state index in [1.165, 1.54) is 32.1 Å². The van der Waals surface area contributed by atoms with Crippen LogP contribution in [0.5, 0.6) is 0 Å². The lowest BCUT2D eigenvalue weighted by Crippen LogP contribution is -2.44. The molecule has 1 heterocycles. The van der Waals surface area contributed by atoms with Crippen molar-refractivity contribution in [1.82, 2.24) is 0 Å². The molecule has 0 N–H and O–H groups in total. The molecule has 1 saturated heterocycles. The molecule has 0 aromatic heterocycles. The second kappa shape index (κ2) is 6.05. The third-order valence-electron chi connectivity index (χ3n) is 2.98. The van der Waals surface area contributed by atoms with Gasteiger partial charge in [-0.15, -0.1) is 0 Å². The normalized spacial score (nSPS) is 25.7. The maximum absolute atomic E-state index is 11.2. The van der Waals surface area contributed by atoms with Gasteiger partial charge in [-0.2, -0.15) is 0 Å². The molecule has 1 aliphatic rings. The summed E-state index contributed by atoms with van der Waals surface area (Å²) in [4.78, 5) is 11.2. The molecule has 0 aromatic carbocycles. The summed E-state index contributed by atoms with van der Waals surface area (Å²) in [5.41, 5.74) is 0. The van der Waals surface area contributed by atoms with Crippen LogP contribution in [0.3, 0.4) is 0 Å². The molecule has 1 aliphatic heterocycles. The van der Waals surface area contributed by atoms with Crippen LogP contribution in [-0.2, 0) is 9.53 Å². The molecule has 1 rings (SSSR count). The summed E-state index contributed by atoms with van der Waals surface area (Å²) in [6, 6.07) is 0. The number of cyclic esters (lactones) is 1. The highest BCUT2D eigenvalue weighted by atomic mass is 16.6. The molecular formula is C12H22O2. The minimum absolute atomic E-state index is 0.0437. The van der Waals surface area contributed by atoms with Gasteiger partial charge in [0, 0.05) is 0 Å². The van der Waals surface area contributed by atoms with Gasteiger partial charge in [0.05, 0.1) is 5.92 Å². The van der Waals surface area contributed by atoms with E-state index in [-0.39, 0.29) is 18.0 Å². The number of rotatable bonds is 7. The summed E-state index contributed by atoms with van der Waals surface area (Å²) in [5.74, 6) is 0.273. The molecule has 2 atom stereocenters. The first-order valence-corrected chi connectivity index (χ1v) is 6.00. The fraction of sp³-hybridized carbons (Fsp3) is 0.917. The first-order chi connectivity index (χ1) is 6.79. The number of carbonyl (C=O) groups excluding carboxylic acids is 1. The molecule has 0 spiro atoms. The minimum Gasteiger partial charge on any atom is -0.461 e. The van der Waals surface area contributed by atoms with Crippen molar-refractivity contribution in [2.45, 2.75) is 64.9 Å². The number of hydrogen-bond acceptors (Lipinski definition) is 2. The van der Waals surface area contributed by atoms with Crippen LogP contribution in [0.4, 0.5) is 0 Å². The average molecular weight is 198 g/mol. The molecule has 0 amide bonds. The summed E-state index contributed by atoms with van der Waals surface area (Å²) in [5, 5.41) is 0. The van der Waals surface area contributed by atoms with E-state index >= 15 is 0 Å². The van der Waals surface area contributed by atoms with Gasteiger partial charge >= 0.3 is 5.97 Å². The maximum Gasteiger partial charge on any atom is 0.313 e. The van der Waals surface area contributed by atoms with Gasteiger partial charge in [0.1, 0.15) is 6.10 Å². The van der Waals surface area contributed by atoms with E-state index in [0.29, 0.717) is 0 Å². The molecule has 1 fully saturated rings. The lowest BCUT2D eigenvalue weighted by molar-refractivity contribution is -0.186. The third-order valence-corrected chi connectivity index (χ3v) is 2.98. The molecule has 0 saturated carbocycles. The van der Waals surface area contributed by atoms with E-state index in [0.717, 1.165) is 12.8 Å². The van der Waals surface area contributed by atoms with E-state index in [4.69, 9.17) is 4.74 Å². The van der Waals surface area contributed by atoms with Crippen molar-refractivity contribution < 1.29 is 9.53 Å². The Kier molecular flexibility index (Phi) is 4.99. The molecule has 82 valence electrons. The van der Waals surface area contributed by atoms with Gasteiger partial charge in [0.15, 0.2) is 0 Å². The van der Waals surface area contributed by atoms with Crippen LogP contribution in [0.1, 0.15) is 58.8 Å². The second-order valence-corrected chi connectivity index (χ2v) is 4.22. The van der Waals surface area contributed by atoms with Crippen LogP contribution in [0.2, 0.25) is 0 Å². The summed E-state index contributed by atoms with van der Waals surface area (Å²) >= 11 is 0. The number of ether oxygens (including phenoxy) is 1. The Bertz CT molecular complexity index is 177. The quantitative estimate of drug-likeness (QED) is 0.463. The van der Waals surface area contributed by atoms with Crippen LogP contribution < -0.4 is 0 Å². The zero-order valence-corrected chi connectivity index (χ0v) is 9.42. The summed E-state index contributed by atoms with van der Waals surface area (Å²) in [6.07, 6.45) is 8.38. The molecule has 14 heavy (non-hydrogen) atoms. The molecule has 0 bridgehead atoms. The Morgan fingerprint density at radius 2 is 1.79 bits per heavy atom. The fourth-order valence-corrected chi connectivity index (χ4v) is 1.98. The van der Waals surface area contributed by atoms with Gasteiger partial charge in [-0.3, -0.25) is 4.79 Å². The Hall–Kier alpha value is -0.530. The van der Waals surface area contributed by atoms with Crippen molar-refractivity contribution in [3.05, 3.63) is 0 Å². The van der Waals surface area contributed by atoms with Crippen molar-refractivity contribution in [3.63, 3.8) is 0 Å². The van der Waals surface area contributed by atoms with E-state index in [1.807, 2.05) is 0 Å². The van der Waals surface area contributed by atoms with Crippen molar-refractivity contribution in [2.24, 2.45) is 5.92 Å². The van der Waals surface area contributed by atoms with Gasteiger partial charge < -0.3 is 4.74 Å². The lowest BCUT2D eigenvalue weighted by atomic mass is 9.88. The first-order valence-electron chi connectivity index (χ1n) is 6.00. The second-order valence-electron chi connectivity index (χ2n) is 4.22. The molecule has 2 nitrogen and oxygen atoms in total. The molecule has 2 heteroatoms. The van der Waals surface area contributed by atoms with Gasteiger partial charge in [-0.25, -0.2) is 0 Å². The number of unbranched alkanes of at least 4 members (excludes halogenated alkanes) is 3. The van der Waals surface area contributed by atoms with E-state index < -0.39 is 0 Å². The Labute approximate surface area is 87.0 Å². The van der Waals surface area contributed by atoms with Gasteiger partial charge in [0.25, 0.3) is 0 Å². The molecule has 2 unspecified atom stereocenters. The van der Waals surface area contributed by atoms with E-state index in [1.54, 1.807) is 0 Å². The van der Waals surface area contributed by atoms with Crippen molar-refractivity contribution in [3.8, 4) is 0 Å². The minimum atomic E-state index is 0.0437. The largest absolute Gasteiger partial charge is 0.461 e. The van der Waals surface area contributed by atoms with Gasteiger partial charge in [0.2, 0.25) is 0 Å². The zero-order valence-electron chi connectivity index (χ0n) is 9.42. The molecule has 0 aliphatic carbocycles. The number of carbonyl (C=O) groups is 1. The average Bonchev–Trinajstić information content (AvgIpc) is 2.19. The van der Waals surface area contributed by atoms with Crippen LogP contribution in [0, 0.1) is 5.92 Å². The number of esters is 1. The smallest absolute Gasteiger partial charge is 0.313 e. The highest BCUT2D eigenvalue weighted by Crippen LogP contribution is 2.30. The van der Waals surface area contributed by atoms with Crippen molar-refractivity contribution in [2.75, 3.05) is 0 Å². The van der Waals surface area contributed by atoms with E-state index in [2.05, 4.69) is 13.8 Å². The topological polar surface area (TPSA) is 26.3 Å².